The first-order chi connectivity index (χ1) is 15.2. The average Bonchev–Trinajstić information content (AvgIpc) is 3.29. The number of ether oxygens (including phenoxy) is 2. The van der Waals surface area contributed by atoms with Crippen molar-refractivity contribution in [2.75, 3.05) is 26.4 Å². The van der Waals surface area contributed by atoms with E-state index in [-0.39, 0.29) is 18.6 Å². The molecule has 0 unspecified atom stereocenters. The molecule has 4 nitrogen and oxygen atoms in total. The van der Waals surface area contributed by atoms with Crippen LogP contribution in [0, 0.1) is 0 Å². The highest BCUT2D eigenvalue weighted by Crippen LogP contribution is 2.48. The molecule has 4 heteroatoms. The number of aliphatic hydroxyl groups is 2. The molecule has 1 fully saturated rings. The number of hydrogen-bond donors (Lipinski definition) is 2. The summed E-state index contributed by atoms with van der Waals surface area (Å²) in [5, 5.41) is 18.3. The first kappa shape index (κ1) is 23.6. The molecule has 1 aliphatic rings. The minimum absolute atomic E-state index is 0.0238. The maximum absolute atomic E-state index is 9.16. The summed E-state index contributed by atoms with van der Waals surface area (Å²) in [6.07, 6.45) is 8.83. The van der Waals surface area contributed by atoms with Crippen LogP contribution < -0.4 is 9.47 Å². The van der Waals surface area contributed by atoms with Gasteiger partial charge in [-0.15, -0.1) is 0 Å². The van der Waals surface area contributed by atoms with Gasteiger partial charge in [0.1, 0.15) is 24.7 Å². The van der Waals surface area contributed by atoms with Gasteiger partial charge in [0.2, 0.25) is 0 Å². The second-order valence-electron chi connectivity index (χ2n) is 8.58. The van der Waals surface area contributed by atoms with Crippen molar-refractivity contribution in [2.45, 2.75) is 70.6 Å². The summed E-state index contributed by atoms with van der Waals surface area (Å²) in [5.74, 6) is 1.79. The van der Waals surface area contributed by atoms with E-state index in [9.17, 15) is 0 Å². The maximum atomic E-state index is 9.16. The lowest BCUT2D eigenvalue weighted by molar-refractivity contribution is 0.200. The summed E-state index contributed by atoms with van der Waals surface area (Å²) in [7, 11) is 0. The third-order valence-electron chi connectivity index (χ3n) is 6.42. The van der Waals surface area contributed by atoms with Gasteiger partial charge in [-0.2, -0.15) is 0 Å². The Balaban J connectivity index is 2.02. The van der Waals surface area contributed by atoms with E-state index in [0.717, 1.165) is 50.0 Å². The van der Waals surface area contributed by atoms with Crippen LogP contribution in [0.5, 0.6) is 11.5 Å². The largest absolute Gasteiger partial charge is 0.491 e. The molecule has 3 rings (SSSR count). The van der Waals surface area contributed by atoms with Crippen LogP contribution in [0.25, 0.3) is 0 Å². The maximum Gasteiger partial charge on any atom is 0.122 e. The summed E-state index contributed by atoms with van der Waals surface area (Å²) < 4.78 is 11.6. The van der Waals surface area contributed by atoms with E-state index < -0.39 is 0 Å². The summed E-state index contributed by atoms with van der Waals surface area (Å²) in [4.78, 5) is 0. The molecule has 0 aromatic heterocycles. The van der Waals surface area contributed by atoms with E-state index in [1.54, 1.807) is 0 Å². The fourth-order valence-corrected chi connectivity index (χ4v) is 5.00. The monoisotopic (exact) mass is 426 g/mol. The van der Waals surface area contributed by atoms with Crippen LogP contribution in [0.4, 0.5) is 0 Å². The Hall–Kier alpha value is -2.04. The summed E-state index contributed by atoms with van der Waals surface area (Å²) in [5.41, 5.74) is 5.23. The summed E-state index contributed by atoms with van der Waals surface area (Å²) in [6, 6.07) is 13.3. The molecule has 0 atom stereocenters. The molecule has 2 N–H and O–H groups in total. The van der Waals surface area contributed by atoms with Gasteiger partial charge in [0, 0.05) is 5.41 Å². The first-order valence-corrected chi connectivity index (χ1v) is 11.9. The second kappa shape index (κ2) is 11.5. The SMILES string of the molecule is CCCc1cc(C2(c3ccc(OCCO)c(CCC)c3)CCCC2)ccc1OCCO. The first-order valence-electron chi connectivity index (χ1n) is 11.9. The molecule has 0 amide bonds. The van der Waals surface area contributed by atoms with Gasteiger partial charge in [-0.1, -0.05) is 63.8 Å². The van der Waals surface area contributed by atoms with E-state index in [1.807, 2.05) is 0 Å². The van der Waals surface area contributed by atoms with Crippen molar-refractivity contribution in [3.05, 3.63) is 58.7 Å². The van der Waals surface area contributed by atoms with Crippen molar-refractivity contribution in [2.24, 2.45) is 0 Å². The van der Waals surface area contributed by atoms with Crippen LogP contribution in [0.2, 0.25) is 0 Å². The molecule has 170 valence electrons. The molecule has 2 aromatic rings. The van der Waals surface area contributed by atoms with Crippen LogP contribution in [0.3, 0.4) is 0 Å². The van der Waals surface area contributed by atoms with Gasteiger partial charge in [-0.3, -0.25) is 0 Å². The molecule has 0 bridgehead atoms. The highest BCUT2D eigenvalue weighted by Gasteiger charge is 2.38. The van der Waals surface area contributed by atoms with E-state index in [0.29, 0.717) is 13.2 Å². The molecular formula is C27H38O4. The molecule has 2 aromatic carbocycles. The molecule has 0 spiro atoms. The summed E-state index contributed by atoms with van der Waals surface area (Å²) in [6.45, 7) is 5.10. The molecule has 1 saturated carbocycles. The van der Waals surface area contributed by atoms with Crippen LogP contribution in [0.15, 0.2) is 36.4 Å². The van der Waals surface area contributed by atoms with Gasteiger partial charge in [-0.25, -0.2) is 0 Å². The normalized spacial score (nSPS) is 15.2. The fourth-order valence-electron chi connectivity index (χ4n) is 5.00. The van der Waals surface area contributed by atoms with Crippen molar-refractivity contribution in [1.29, 1.82) is 0 Å². The predicted molar refractivity (Wildman–Crippen MR) is 125 cm³/mol. The fraction of sp³-hybridized carbons (Fsp3) is 0.556. The molecule has 1 aliphatic carbocycles. The zero-order chi connectivity index (χ0) is 22.1. The highest BCUT2D eigenvalue weighted by atomic mass is 16.5. The molecule has 0 saturated heterocycles. The summed E-state index contributed by atoms with van der Waals surface area (Å²) >= 11 is 0. The quantitative estimate of drug-likeness (QED) is 0.490. The lowest BCUT2D eigenvalue weighted by Crippen LogP contribution is -2.24. The van der Waals surface area contributed by atoms with Crippen molar-refractivity contribution in [3.8, 4) is 11.5 Å². The van der Waals surface area contributed by atoms with E-state index in [2.05, 4.69) is 50.2 Å². The molecule has 0 heterocycles. The van der Waals surface area contributed by atoms with Crippen molar-refractivity contribution < 1.29 is 19.7 Å². The zero-order valence-corrected chi connectivity index (χ0v) is 19.2. The van der Waals surface area contributed by atoms with Crippen molar-refractivity contribution >= 4 is 0 Å². The van der Waals surface area contributed by atoms with Gasteiger partial charge in [-0.05, 0) is 60.1 Å². The molecular weight excluding hydrogens is 388 g/mol. The van der Waals surface area contributed by atoms with Crippen molar-refractivity contribution in [3.63, 3.8) is 0 Å². The van der Waals surface area contributed by atoms with Gasteiger partial charge in [0.15, 0.2) is 0 Å². The number of aryl methyl sites for hydroxylation is 2. The molecule has 0 aliphatic heterocycles. The molecule has 31 heavy (non-hydrogen) atoms. The Morgan fingerprint density at radius 1 is 0.742 bits per heavy atom. The smallest absolute Gasteiger partial charge is 0.122 e. The van der Waals surface area contributed by atoms with Gasteiger partial charge in [0.25, 0.3) is 0 Å². The van der Waals surface area contributed by atoms with Gasteiger partial charge < -0.3 is 19.7 Å². The Morgan fingerprint density at radius 2 is 1.19 bits per heavy atom. The van der Waals surface area contributed by atoms with E-state index in [4.69, 9.17) is 19.7 Å². The van der Waals surface area contributed by atoms with Crippen LogP contribution in [-0.2, 0) is 18.3 Å². The Morgan fingerprint density at radius 3 is 1.58 bits per heavy atom. The highest BCUT2D eigenvalue weighted by molar-refractivity contribution is 5.49. The minimum atomic E-state index is 0.0238. The average molecular weight is 427 g/mol. The lowest BCUT2D eigenvalue weighted by atomic mass is 9.72. The van der Waals surface area contributed by atoms with Crippen molar-refractivity contribution in [1.82, 2.24) is 0 Å². The Labute approximate surface area is 187 Å². The number of aliphatic hydroxyl groups excluding tert-OH is 2. The Bertz CT molecular complexity index is 760. The third kappa shape index (κ3) is 5.42. The predicted octanol–water partition coefficient (Wildman–Crippen LogP) is 5.19. The third-order valence-corrected chi connectivity index (χ3v) is 6.42. The van der Waals surface area contributed by atoms with Crippen LogP contribution in [-0.4, -0.2) is 36.6 Å². The molecule has 0 radical (unpaired) electrons. The minimum Gasteiger partial charge on any atom is -0.491 e. The van der Waals surface area contributed by atoms with E-state index >= 15 is 0 Å². The zero-order valence-electron chi connectivity index (χ0n) is 19.2. The van der Waals surface area contributed by atoms with E-state index in [1.165, 1.54) is 35.1 Å². The van der Waals surface area contributed by atoms with Crippen LogP contribution in [0.1, 0.15) is 74.6 Å². The second-order valence-corrected chi connectivity index (χ2v) is 8.58. The standard InChI is InChI=1S/C27H38O4/c1-3-7-21-19-23(9-11-25(21)30-17-15-28)27(13-5-6-14-27)24-10-12-26(31-18-16-29)22(20-24)8-4-2/h9-12,19-20,28-29H,3-8,13-18H2,1-2H3. The number of hydrogen-bond acceptors (Lipinski definition) is 4. The van der Waals surface area contributed by atoms with Gasteiger partial charge in [0.05, 0.1) is 13.2 Å². The lowest BCUT2D eigenvalue weighted by Gasteiger charge is -2.32. The number of rotatable bonds is 12. The van der Waals surface area contributed by atoms with Gasteiger partial charge >= 0.3 is 0 Å². The Kier molecular flexibility index (Phi) is 8.79. The topological polar surface area (TPSA) is 58.9 Å². The number of benzene rings is 2. The van der Waals surface area contributed by atoms with Crippen LogP contribution >= 0.6 is 0 Å².